The van der Waals surface area contributed by atoms with Crippen LogP contribution in [0.3, 0.4) is 0 Å². The predicted molar refractivity (Wildman–Crippen MR) is 68.6 cm³/mol. The first-order valence-corrected chi connectivity index (χ1v) is 7.53. The number of nitrogens with two attached hydrogens (primary N) is 1. The smallest absolute Gasteiger partial charge is 0.241 e. The van der Waals surface area contributed by atoms with Crippen molar-refractivity contribution < 1.29 is 17.5 Å². The van der Waals surface area contributed by atoms with Gasteiger partial charge in [0.2, 0.25) is 10.0 Å². The van der Waals surface area contributed by atoms with Gasteiger partial charge in [0.25, 0.3) is 0 Å². The van der Waals surface area contributed by atoms with Crippen molar-refractivity contribution in [1.29, 1.82) is 0 Å². The highest BCUT2D eigenvalue weighted by Crippen LogP contribution is 2.22. The van der Waals surface area contributed by atoms with E-state index in [1.165, 1.54) is 18.2 Å². The minimum Gasteiger partial charge on any atom is -0.381 e. The normalized spacial score (nSPS) is 19.3. The van der Waals surface area contributed by atoms with E-state index in [1.54, 1.807) is 0 Å². The van der Waals surface area contributed by atoms with Crippen molar-refractivity contribution in [3.63, 3.8) is 0 Å². The van der Waals surface area contributed by atoms with Crippen molar-refractivity contribution in [2.75, 3.05) is 19.8 Å². The Kier molecular flexibility index (Phi) is 4.19. The summed E-state index contributed by atoms with van der Waals surface area (Å²) in [7, 11) is -3.78. The van der Waals surface area contributed by atoms with Gasteiger partial charge < -0.3 is 10.5 Å². The standard InChI is InChI=1S/C12H17FN2O3S/c13-10-2-1-3-11(8-10)19(16,17)15-12(9-14)4-6-18-7-5-12/h1-3,8,15H,4-7,9,14H2. The number of nitrogens with one attached hydrogen (secondary N) is 1. The molecule has 5 nitrogen and oxygen atoms in total. The Balaban J connectivity index is 2.25. The lowest BCUT2D eigenvalue weighted by Crippen LogP contribution is -2.56. The highest BCUT2D eigenvalue weighted by atomic mass is 32.2. The van der Waals surface area contributed by atoms with Gasteiger partial charge in [-0.15, -0.1) is 0 Å². The van der Waals surface area contributed by atoms with Crippen LogP contribution in [-0.4, -0.2) is 33.7 Å². The van der Waals surface area contributed by atoms with E-state index in [-0.39, 0.29) is 11.4 Å². The average Bonchev–Trinajstić information content (AvgIpc) is 2.39. The molecule has 2 rings (SSSR count). The summed E-state index contributed by atoms with van der Waals surface area (Å²) in [5.41, 5.74) is 4.99. The first kappa shape index (κ1) is 14.4. The molecule has 0 saturated carbocycles. The lowest BCUT2D eigenvalue weighted by Gasteiger charge is -2.36. The summed E-state index contributed by atoms with van der Waals surface area (Å²) in [5, 5.41) is 0. The van der Waals surface area contributed by atoms with Crippen LogP contribution in [-0.2, 0) is 14.8 Å². The van der Waals surface area contributed by atoms with E-state index in [2.05, 4.69) is 4.72 Å². The maximum Gasteiger partial charge on any atom is 0.241 e. The summed E-state index contributed by atoms with van der Waals surface area (Å²) in [5.74, 6) is -0.586. The van der Waals surface area contributed by atoms with Crippen LogP contribution in [0.4, 0.5) is 4.39 Å². The molecule has 1 aromatic carbocycles. The lowest BCUT2D eigenvalue weighted by atomic mass is 9.92. The van der Waals surface area contributed by atoms with Crippen LogP contribution in [0.1, 0.15) is 12.8 Å². The fraction of sp³-hybridized carbons (Fsp3) is 0.500. The summed E-state index contributed by atoms with van der Waals surface area (Å²) in [6.07, 6.45) is 1.02. The minimum atomic E-state index is -3.78. The second kappa shape index (κ2) is 5.54. The Morgan fingerprint density at radius 3 is 2.63 bits per heavy atom. The van der Waals surface area contributed by atoms with E-state index in [1.807, 2.05) is 0 Å². The Labute approximate surface area is 112 Å². The van der Waals surface area contributed by atoms with Crippen LogP contribution in [0.2, 0.25) is 0 Å². The summed E-state index contributed by atoms with van der Waals surface area (Å²) >= 11 is 0. The molecule has 19 heavy (non-hydrogen) atoms. The summed E-state index contributed by atoms with van der Waals surface area (Å²) in [4.78, 5) is -0.0909. The fourth-order valence-corrected chi connectivity index (χ4v) is 3.59. The number of sulfonamides is 1. The zero-order chi connectivity index (χ0) is 13.9. The Morgan fingerprint density at radius 2 is 2.05 bits per heavy atom. The number of halogens is 1. The molecule has 1 saturated heterocycles. The Bertz CT molecular complexity index is 542. The SMILES string of the molecule is NCC1(NS(=O)(=O)c2cccc(F)c2)CCOCC1. The summed E-state index contributed by atoms with van der Waals surface area (Å²) in [6.45, 7) is 1.11. The lowest BCUT2D eigenvalue weighted by molar-refractivity contribution is 0.0502. The van der Waals surface area contributed by atoms with Gasteiger partial charge in [-0.2, -0.15) is 0 Å². The first-order valence-electron chi connectivity index (χ1n) is 6.05. The highest BCUT2D eigenvalue weighted by molar-refractivity contribution is 7.89. The molecule has 1 aliphatic heterocycles. The van der Waals surface area contributed by atoms with E-state index in [9.17, 15) is 12.8 Å². The third-order valence-electron chi connectivity index (χ3n) is 3.30. The van der Waals surface area contributed by atoms with Gasteiger partial charge in [0.1, 0.15) is 5.82 Å². The molecule has 1 aliphatic rings. The van der Waals surface area contributed by atoms with E-state index < -0.39 is 21.4 Å². The maximum atomic E-state index is 13.1. The zero-order valence-electron chi connectivity index (χ0n) is 10.4. The van der Waals surface area contributed by atoms with Gasteiger partial charge in [-0.3, -0.25) is 0 Å². The third-order valence-corrected chi connectivity index (χ3v) is 4.87. The van der Waals surface area contributed by atoms with Gasteiger partial charge >= 0.3 is 0 Å². The molecule has 0 aromatic heterocycles. The second-order valence-corrected chi connectivity index (χ2v) is 6.34. The van der Waals surface area contributed by atoms with Gasteiger partial charge in [0.15, 0.2) is 0 Å². The van der Waals surface area contributed by atoms with Crippen LogP contribution < -0.4 is 10.5 Å². The maximum absolute atomic E-state index is 13.1. The fourth-order valence-electron chi connectivity index (χ4n) is 2.09. The third kappa shape index (κ3) is 3.30. The van der Waals surface area contributed by atoms with Crippen molar-refractivity contribution in [2.24, 2.45) is 5.73 Å². The number of benzene rings is 1. The van der Waals surface area contributed by atoms with Crippen molar-refractivity contribution >= 4 is 10.0 Å². The quantitative estimate of drug-likeness (QED) is 0.850. The van der Waals surface area contributed by atoms with Gasteiger partial charge in [-0.25, -0.2) is 17.5 Å². The molecule has 0 aliphatic carbocycles. The average molecular weight is 288 g/mol. The predicted octanol–water partition coefficient (Wildman–Crippen LogP) is 0.612. The molecule has 0 spiro atoms. The molecule has 7 heteroatoms. The van der Waals surface area contributed by atoms with Crippen molar-refractivity contribution in [3.05, 3.63) is 30.1 Å². The van der Waals surface area contributed by atoms with Gasteiger partial charge in [0.05, 0.1) is 4.90 Å². The number of hydrogen-bond donors (Lipinski definition) is 2. The van der Waals surface area contributed by atoms with Crippen LogP contribution in [0, 0.1) is 5.82 Å². The van der Waals surface area contributed by atoms with E-state index in [4.69, 9.17) is 10.5 Å². The van der Waals surface area contributed by atoms with E-state index in [0.29, 0.717) is 26.1 Å². The monoisotopic (exact) mass is 288 g/mol. The molecule has 1 aromatic rings. The van der Waals surface area contributed by atoms with Crippen LogP contribution >= 0.6 is 0 Å². The Hall–Kier alpha value is -1.02. The van der Waals surface area contributed by atoms with E-state index in [0.717, 1.165) is 6.07 Å². The van der Waals surface area contributed by atoms with Crippen molar-refractivity contribution in [2.45, 2.75) is 23.3 Å². The molecule has 1 heterocycles. The molecule has 106 valence electrons. The topological polar surface area (TPSA) is 81.4 Å². The molecule has 0 unspecified atom stereocenters. The molecule has 0 bridgehead atoms. The molecular weight excluding hydrogens is 271 g/mol. The van der Waals surface area contributed by atoms with Gasteiger partial charge in [-0.05, 0) is 31.0 Å². The molecule has 1 fully saturated rings. The van der Waals surface area contributed by atoms with Crippen LogP contribution in [0.25, 0.3) is 0 Å². The number of hydrogen-bond acceptors (Lipinski definition) is 4. The first-order chi connectivity index (χ1) is 8.97. The van der Waals surface area contributed by atoms with Gasteiger partial charge in [0, 0.05) is 25.3 Å². The summed E-state index contributed by atoms with van der Waals surface area (Å²) < 4.78 is 45.4. The molecule has 3 N–H and O–H groups in total. The van der Waals surface area contributed by atoms with Crippen LogP contribution in [0.15, 0.2) is 29.2 Å². The number of rotatable bonds is 4. The van der Waals surface area contributed by atoms with Crippen molar-refractivity contribution in [1.82, 2.24) is 4.72 Å². The van der Waals surface area contributed by atoms with Crippen molar-refractivity contribution in [3.8, 4) is 0 Å². The molecule has 0 radical (unpaired) electrons. The summed E-state index contributed by atoms with van der Waals surface area (Å²) in [6, 6.07) is 4.91. The zero-order valence-corrected chi connectivity index (χ0v) is 11.2. The number of ether oxygens (including phenoxy) is 1. The molecule has 0 atom stereocenters. The Morgan fingerprint density at radius 1 is 1.37 bits per heavy atom. The minimum absolute atomic E-state index is 0.0909. The molecule has 0 amide bonds. The van der Waals surface area contributed by atoms with Gasteiger partial charge in [-0.1, -0.05) is 6.07 Å². The second-order valence-electron chi connectivity index (χ2n) is 4.66. The van der Waals surface area contributed by atoms with E-state index >= 15 is 0 Å². The largest absolute Gasteiger partial charge is 0.381 e. The van der Waals surface area contributed by atoms with Crippen LogP contribution in [0.5, 0.6) is 0 Å². The highest BCUT2D eigenvalue weighted by Gasteiger charge is 2.35. The molecular formula is C12H17FN2O3S.